The molecule has 0 aliphatic carbocycles. The van der Waals surface area contributed by atoms with E-state index < -0.39 is 0 Å². The van der Waals surface area contributed by atoms with E-state index in [2.05, 4.69) is 6.58 Å². The van der Waals surface area contributed by atoms with Crippen molar-refractivity contribution in [1.82, 2.24) is 0 Å². The maximum absolute atomic E-state index is 5.90. The third kappa shape index (κ3) is 2.63. The molecule has 0 spiro atoms. The van der Waals surface area contributed by atoms with Crippen molar-refractivity contribution in [2.24, 2.45) is 5.73 Å². The molecule has 66 valence electrons. The minimum absolute atomic E-state index is 0.0556. The van der Waals surface area contributed by atoms with E-state index in [-0.39, 0.29) is 6.04 Å². The van der Waals surface area contributed by atoms with Gasteiger partial charge in [0.05, 0.1) is 4.34 Å². The highest BCUT2D eigenvalue weighted by Gasteiger charge is 2.07. The SMILES string of the molecule is C=C(C)C[C@H](N)c1ccc(Cl)s1. The predicted octanol–water partition coefficient (Wildman–Crippen LogP) is 3.37. The highest BCUT2D eigenvalue weighted by molar-refractivity contribution is 7.16. The van der Waals surface area contributed by atoms with Crippen molar-refractivity contribution in [3.8, 4) is 0 Å². The summed E-state index contributed by atoms with van der Waals surface area (Å²) in [7, 11) is 0. The van der Waals surface area contributed by atoms with Gasteiger partial charge in [-0.15, -0.1) is 17.9 Å². The van der Waals surface area contributed by atoms with Gasteiger partial charge in [-0.25, -0.2) is 0 Å². The minimum Gasteiger partial charge on any atom is -0.323 e. The van der Waals surface area contributed by atoms with Crippen molar-refractivity contribution >= 4 is 22.9 Å². The Morgan fingerprint density at radius 2 is 2.42 bits per heavy atom. The zero-order valence-corrected chi connectivity index (χ0v) is 8.58. The monoisotopic (exact) mass is 201 g/mol. The summed E-state index contributed by atoms with van der Waals surface area (Å²) in [6.45, 7) is 5.80. The quantitative estimate of drug-likeness (QED) is 0.746. The summed E-state index contributed by atoms with van der Waals surface area (Å²) in [6.07, 6.45) is 0.830. The lowest BCUT2D eigenvalue weighted by atomic mass is 10.1. The lowest BCUT2D eigenvalue weighted by Gasteiger charge is -2.07. The summed E-state index contributed by atoms with van der Waals surface area (Å²) in [5, 5.41) is 0. The lowest BCUT2D eigenvalue weighted by molar-refractivity contribution is 0.731. The molecular weight excluding hydrogens is 190 g/mol. The number of hydrogen-bond donors (Lipinski definition) is 1. The topological polar surface area (TPSA) is 26.0 Å². The van der Waals surface area contributed by atoms with E-state index in [1.165, 1.54) is 11.3 Å². The van der Waals surface area contributed by atoms with E-state index in [1.54, 1.807) is 0 Å². The molecule has 2 N–H and O–H groups in total. The number of nitrogens with two attached hydrogens (primary N) is 1. The van der Waals surface area contributed by atoms with Crippen LogP contribution in [0.15, 0.2) is 24.3 Å². The van der Waals surface area contributed by atoms with Crippen LogP contribution in [0.3, 0.4) is 0 Å². The Morgan fingerprint density at radius 1 is 1.75 bits per heavy atom. The summed E-state index contributed by atoms with van der Waals surface area (Å²) in [5.74, 6) is 0. The Labute approximate surface area is 81.9 Å². The lowest BCUT2D eigenvalue weighted by Crippen LogP contribution is -2.08. The molecule has 0 saturated heterocycles. The van der Waals surface area contributed by atoms with Crippen LogP contribution in [0.25, 0.3) is 0 Å². The fourth-order valence-electron chi connectivity index (χ4n) is 1.00. The Hall–Kier alpha value is -0.310. The summed E-state index contributed by atoms with van der Waals surface area (Å²) in [6, 6.07) is 3.90. The molecule has 1 aromatic heterocycles. The fraction of sp³-hybridized carbons (Fsp3) is 0.333. The van der Waals surface area contributed by atoms with Gasteiger partial charge in [0.15, 0.2) is 0 Å². The van der Waals surface area contributed by atoms with Crippen molar-refractivity contribution in [2.45, 2.75) is 19.4 Å². The van der Waals surface area contributed by atoms with Gasteiger partial charge in [-0.1, -0.05) is 17.2 Å². The number of halogens is 1. The average Bonchev–Trinajstić information content (AvgIpc) is 2.34. The summed E-state index contributed by atoms with van der Waals surface area (Å²) in [5.41, 5.74) is 7.00. The van der Waals surface area contributed by atoms with Crippen molar-refractivity contribution in [3.05, 3.63) is 33.5 Å². The van der Waals surface area contributed by atoms with Crippen LogP contribution in [-0.2, 0) is 0 Å². The van der Waals surface area contributed by atoms with E-state index in [9.17, 15) is 0 Å². The molecule has 0 aliphatic heterocycles. The van der Waals surface area contributed by atoms with Gasteiger partial charge < -0.3 is 5.73 Å². The molecule has 1 atom stereocenters. The van der Waals surface area contributed by atoms with Gasteiger partial charge in [-0.2, -0.15) is 0 Å². The van der Waals surface area contributed by atoms with Gasteiger partial charge in [0.1, 0.15) is 0 Å². The predicted molar refractivity (Wildman–Crippen MR) is 55.7 cm³/mol. The molecule has 0 unspecified atom stereocenters. The summed E-state index contributed by atoms with van der Waals surface area (Å²) in [4.78, 5) is 1.13. The van der Waals surface area contributed by atoms with Gasteiger partial charge in [0.2, 0.25) is 0 Å². The standard InChI is InChI=1S/C9H12ClNS/c1-6(2)5-7(11)8-3-4-9(10)12-8/h3-4,7H,1,5,11H2,2H3/t7-/m0/s1. The molecule has 0 aliphatic rings. The number of rotatable bonds is 3. The summed E-state index contributed by atoms with van der Waals surface area (Å²) >= 11 is 7.32. The average molecular weight is 202 g/mol. The first-order valence-corrected chi connectivity index (χ1v) is 4.94. The normalized spacial score (nSPS) is 12.9. The van der Waals surface area contributed by atoms with E-state index in [1.807, 2.05) is 19.1 Å². The molecule has 1 aromatic rings. The Balaban J connectivity index is 2.64. The third-order valence-corrected chi connectivity index (χ3v) is 2.89. The molecule has 1 nitrogen and oxygen atoms in total. The van der Waals surface area contributed by atoms with Crippen LogP contribution in [0.1, 0.15) is 24.3 Å². The molecule has 12 heavy (non-hydrogen) atoms. The molecule has 0 aromatic carbocycles. The molecule has 0 fully saturated rings. The van der Waals surface area contributed by atoms with Gasteiger partial charge in [0.25, 0.3) is 0 Å². The minimum atomic E-state index is 0.0556. The van der Waals surface area contributed by atoms with Gasteiger partial charge >= 0.3 is 0 Å². The van der Waals surface area contributed by atoms with E-state index in [0.717, 1.165) is 21.2 Å². The van der Waals surface area contributed by atoms with Gasteiger partial charge in [-0.05, 0) is 25.5 Å². The Kier molecular flexibility index (Phi) is 3.32. The van der Waals surface area contributed by atoms with Crippen LogP contribution >= 0.6 is 22.9 Å². The van der Waals surface area contributed by atoms with Crippen molar-refractivity contribution in [2.75, 3.05) is 0 Å². The molecule has 3 heteroatoms. The highest BCUT2D eigenvalue weighted by atomic mass is 35.5. The second-order valence-corrected chi connectivity index (χ2v) is 4.66. The van der Waals surface area contributed by atoms with Crippen molar-refractivity contribution in [1.29, 1.82) is 0 Å². The number of thiophene rings is 1. The molecule has 0 saturated carbocycles. The molecule has 1 rings (SSSR count). The van der Waals surface area contributed by atoms with E-state index in [0.29, 0.717) is 0 Å². The molecule has 0 radical (unpaired) electrons. The zero-order chi connectivity index (χ0) is 9.14. The van der Waals surface area contributed by atoms with Crippen LogP contribution in [0.2, 0.25) is 4.34 Å². The maximum atomic E-state index is 5.90. The highest BCUT2D eigenvalue weighted by Crippen LogP contribution is 2.28. The Bertz CT molecular complexity index is 280. The smallest absolute Gasteiger partial charge is 0.0931 e. The largest absolute Gasteiger partial charge is 0.323 e. The van der Waals surface area contributed by atoms with E-state index in [4.69, 9.17) is 17.3 Å². The molecule has 1 heterocycles. The van der Waals surface area contributed by atoms with E-state index >= 15 is 0 Å². The molecule has 0 bridgehead atoms. The first-order chi connectivity index (χ1) is 5.59. The van der Waals surface area contributed by atoms with Crippen molar-refractivity contribution < 1.29 is 0 Å². The van der Waals surface area contributed by atoms with Gasteiger partial charge in [-0.3, -0.25) is 0 Å². The van der Waals surface area contributed by atoms with Crippen LogP contribution in [0.4, 0.5) is 0 Å². The third-order valence-electron chi connectivity index (χ3n) is 1.53. The summed E-state index contributed by atoms with van der Waals surface area (Å²) < 4.78 is 0.794. The zero-order valence-electron chi connectivity index (χ0n) is 7.01. The maximum Gasteiger partial charge on any atom is 0.0931 e. The van der Waals surface area contributed by atoms with Crippen LogP contribution in [0, 0.1) is 0 Å². The van der Waals surface area contributed by atoms with Crippen LogP contribution < -0.4 is 5.73 Å². The van der Waals surface area contributed by atoms with Crippen LogP contribution in [-0.4, -0.2) is 0 Å². The fourth-order valence-corrected chi connectivity index (χ4v) is 2.07. The number of hydrogen-bond acceptors (Lipinski definition) is 2. The Morgan fingerprint density at radius 3 is 2.83 bits per heavy atom. The van der Waals surface area contributed by atoms with Crippen LogP contribution in [0.5, 0.6) is 0 Å². The second-order valence-electron chi connectivity index (χ2n) is 2.91. The first-order valence-electron chi connectivity index (χ1n) is 3.75. The second kappa shape index (κ2) is 4.08. The van der Waals surface area contributed by atoms with Gasteiger partial charge in [0, 0.05) is 10.9 Å². The first kappa shape index (κ1) is 9.78. The molecular formula is C9H12ClNS. The van der Waals surface area contributed by atoms with Crippen molar-refractivity contribution in [3.63, 3.8) is 0 Å². The molecule has 0 amide bonds.